The SMILES string of the molecule is CCCCS(=O)(=O)N(C)C(C)CCl. The molecule has 80 valence electrons. The van der Waals surface area contributed by atoms with Crippen molar-refractivity contribution < 1.29 is 8.42 Å². The Bertz CT molecular complexity index is 228. The molecule has 0 bridgehead atoms. The summed E-state index contributed by atoms with van der Waals surface area (Å²) in [5, 5.41) is 0. The van der Waals surface area contributed by atoms with Gasteiger partial charge in [-0.05, 0) is 13.3 Å². The normalized spacial score (nSPS) is 14.8. The van der Waals surface area contributed by atoms with Gasteiger partial charge in [0.1, 0.15) is 0 Å². The van der Waals surface area contributed by atoms with E-state index in [9.17, 15) is 8.42 Å². The van der Waals surface area contributed by atoms with Gasteiger partial charge in [0.05, 0.1) is 5.75 Å². The standard InChI is InChI=1S/C8H18ClNO2S/c1-4-5-6-13(11,12)10(3)8(2)7-9/h8H,4-7H2,1-3H3. The Hall–Kier alpha value is 0.200. The topological polar surface area (TPSA) is 37.4 Å². The van der Waals surface area contributed by atoms with E-state index in [2.05, 4.69) is 0 Å². The summed E-state index contributed by atoms with van der Waals surface area (Å²) < 4.78 is 24.5. The third-order valence-electron chi connectivity index (χ3n) is 2.04. The maximum Gasteiger partial charge on any atom is 0.214 e. The van der Waals surface area contributed by atoms with Crippen molar-refractivity contribution in [1.29, 1.82) is 0 Å². The zero-order chi connectivity index (χ0) is 10.5. The molecular weight excluding hydrogens is 210 g/mol. The zero-order valence-electron chi connectivity index (χ0n) is 8.46. The molecule has 0 aromatic rings. The molecule has 0 rings (SSSR count). The average Bonchev–Trinajstić information content (AvgIpc) is 2.12. The lowest BCUT2D eigenvalue weighted by atomic mass is 10.4. The fraction of sp³-hybridized carbons (Fsp3) is 1.00. The number of sulfonamides is 1. The summed E-state index contributed by atoms with van der Waals surface area (Å²) in [5.41, 5.74) is 0. The maximum atomic E-state index is 11.6. The van der Waals surface area contributed by atoms with E-state index in [1.807, 2.05) is 6.92 Å². The van der Waals surface area contributed by atoms with Crippen molar-refractivity contribution in [2.45, 2.75) is 32.7 Å². The van der Waals surface area contributed by atoms with E-state index in [4.69, 9.17) is 11.6 Å². The van der Waals surface area contributed by atoms with Crippen LogP contribution in [0.2, 0.25) is 0 Å². The maximum absolute atomic E-state index is 11.6. The molecule has 3 nitrogen and oxygen atoms in total. The van der Waals surface area contributed by atoms with Crippen molar-refractivity contribution >= 4 is 21.6 Å². The Kier molecular flexibility index (Phi) is 5.92. The summed E-state index contributed by atoms with van der Waals surface area (Å²) in [6, 6.07) is -0.122. The van der Waals surface area contributed by atoms with Gasteiger partial charge in [0, 0.05) is 19.0 Å². The van der Waals surface area contributed by atoms with Crippen LogP contribution >= 0.6 is 11.6 Å². The molecule has 1 unspecified atom stereocenters. The number of rotatable bonds is 6. The van der Waals surface area contributed by atoms with Gasteiger partial charge in [0.15, 0.2) is 0 Å². The molecule has 0 amide bonds. The predicted octanol–water partition coefficient (Wildman–Crippen LogP) is 1.68. The third kappa shape index (κ3) is 4.29. The fourth-order valence-electron chi connectivity index (χ4n) is 0.842. The summed E-state index contributed by atoms with van der Waals surface area (Å²) in [7, 11) is -1.50. The monoisotopic (exact) mass is 227 g/mol. The molecule has 0 aromatic carbocycles. The van der Waals surface area contributed by atoms with Crippen molar-refractivity contribution in [3.63, 3.8) is 0 Å². The van der Waals surface area contributed by atoms with Crippen LogP contribution in [0.4, 0.5) is 0 Å². The van der Waals surface area contributed by atoms with E-state index in [1.165, 1.54) is 4.31 Å². The largest absolute Gasteiger partial charge is 0.214 e. The molecule has 0 spiro atoms. The van der Waals surface area contributed by atoms with Crippen LogP contribution in [0.3, 0.4) is 0 Å². The van der Waals surface area contributed by atoms with Crippen molar-refractivity contribution in [2.24, 2.45) is 0 Å². The van der Waals surface area contributed by atoms with Crippen LogP contribution in [0.25, 0.3) is 0 Å². The van der Waals surface area contributed by atoms with Crippen LogP contribution in [0.15, 0.2) is 0 Å². The van der Waals surface area contributed by atoms with Crippen LogP contribution in [-0.2, 0) is 10.0 Å². The van der Waals surface area contributed by atoms with Gasteiger partial charge in [-0.15, -0.1) is 11.6 Å². The lowest BCUT2D eigenvalue weighted by Crippen LogP contribution is -2.37. The molecule has 1 atom stereocenters. The lowest BCUT2D eigenvalue weighted by molar-refractivity contribution is 0.412. The molecular formula is C8H18ClNO2S. The molecule has 0 saturated carbocycles. The molecule has 0 aliphatic carbocycles. The highest BCUT2D eigenvalue weighted by Gasteiger charge is 2.21. The van der Waals surface area contributed by atoms with Crippen molar-refractivity contribution in [3.05, 3.63) is 0 Å². The highest BCUT2D eigenvalue weighted by molar-refractivity contribution is 7.89. The molecule has 0 heterocycles. The van der Waals surface area contributed by atoms with Gasteiger partial charge in [-0.2, -0.15) is 0 Å². The van der Waals surface area contributed by atoms with Crippen molar-refractivity contribution in [1.82, 2.24) is 4.31 Å². The second-order valence-corrected chi connectivity index (χ2v) is 5.65. The van der Waals surface area contributed by atoms with Crippen molar-refractivity contribution in [3.8, 4) is 0 Å². The summed E-state index contributed by atoms with van der Waals surface area (Å²) in [5.74, 6) is 0.559. The smallest absolute Gasteiger partial charge is 0.212 e. The Labute approximate surface area is 86.1 Å². The highest BCUT2D eigenvalue weighted by atomic mass is 35.5. The van der Waals surface area contributed by atoms with E-state index in [0.717, 1.165) is 6.42 Å². The first-order valence-corrected chi connectivity index (χ1v) is 6.61. The summed E-state index contributed by atoms with van der Waals surface area (Å²) in [4.78, 5) is 0. The lowest BCUT2D eigenvalue weighted by Gasteiger charge is -2.22. The van der Waals surface area contributed by atoms with Crippen molar-refractivity contribution in [2.75, 3.05) is 18.7 Å². The van der Waals surface area contributed by atoms with Gasteiger partial charge in [0.2, 0.25) is 10.0 Å². The molecule has 0 aliphatic rings. The summed E-state index contributed by atoms with van der Waals surface area (Å²) in [6.07, 6.45) is 1.60. The third-order valence-corrected chi connectivity index (χ3v) is 4.53. The van der Waals surface area contributed by atoms with E-state index in [0.29, 0.717) is 12.3 Å². The van der Waals surface area contributed by atoms with E-state index in [1.54, 1.807) is 14.0 Å². The summed E-state index contributed by atoms with van der Waals surface area (Å²) in [6.45, 7) is 3.77. The first-order chi connectivity index (χ1) is 5.95. The molecule has 0 N–H and O–H groups in total. The van der Waals surface area contributed by atoms with Gasteiger partial charge in [-0.25, -0.2) is 12.7 Å². The number of alkyl halides is 1. The van der Waals surface area contributed by atoms with E-state index < -0.39 is 10.0 Å². The number of unbranched alkanes of at least 4 members (excludes halogenated alkanes) is 1. The molecule has 13 heavy (non-hydrogen) atoms. The number of nitrogens with zero attached hydrogens (tertiary/aromatic N) is 1. The zero-order valence-corrected chi connectivity index (χ0v) is 10.0. The van der Waals surface area contributed by atoms with Crippen LogP contribution in [-0.4, -0.2) is 37.4 Å². The van der Waals surface area contributed by atoms with E-state index in [-0.39, 0.29) is 11.8 Å². The van der Waals surface area contributed by atoms with Gasteiger partial charge in [0.25, 0.3) is 0 Å². The summed E-state index contributed by atoms with van der Waals surface area (Å²) >= 11 is 5.58. The van der Waals surface area contributed by atoms with E-state index >= 15 is 0 Å². The van der Waals surface area contributed by atoms with Crippen LogP contribution in [0.1, 0.15) is 26.7 Å². The minimum Gasteiger partial charge on any atom is -0.212 e. The quantitative estimate of drug-likeness (QED) is 0.648. The van der Waals surface area contributed by atoms with Crippen LogP contribution < -0.4 is 0 Å². The molecule has 0 aliphatic heterocycles. The van der Waals surface area contributed by atoms with Gasteiger partial charge < -0.3 is 0 Å². The number of halogens is 1. The number of hydrogen-bond acceptors (Lipinski definition) is 2. The second-order valence-electron chi connectivity index (χ2n) is 3.19. The Morgan fingerprint density at radius 1 is 1.46 bits per heavy atom. The first kappa shape index (κ1) is 13.2. The van der Waals surface area contributed by atoms with Crippen LogP contribution in [0.5, 0.6) is 0 Å². The fourth-order valence-corrected chi connectivity index (χ4v) is 2.70. The average molecular weight is 228 g/mol. The minimum atomic E-state index is -3.08. The number of hydrogen-bond donors (Lipinski definition) is 0. The highest BCUT2D eigenvalue weighted by Crippen LogP contribution is 2.07. The first-order valence-electron chi connectivity index (χ1n) is 4.47. The molecule has 0 fully saturated rings. The molecule has 5 heteroatoms. The second kappa shape index (κ2) is 5.83. The van der Waals surface area contributed by atoms with Gasteiger partial charge in [-0.1, -0.05) is 13.3 Å². The Morgan fingerprint density at radius 2 is 2.00 bits per heavy atom. The van der Waals surface area contributed by atoms with Gasteiger partial charge >= 0.3 is 0 Å². The minimum absolute atomic E-state index is 0.122. The Balaban J connectivity index is 4.28. The predicted molar refractivity (Wildman–Crippen MR) is 56.6 cm³/mol. The molecule has 0 aromatic heterocycles. The van der Waals surface area contributed by atoms with Crippen LogP contribution in [0, 0.1) is 0 Å². The van der Waals surface area contributed by atoms with Gasteiger partial charge in [-0.3, -0.25) is 0 Å². The molecule has 0 saturated heterocycles. The molecule has 0 radical (unpaired) electrons. The Morgan fingerprint density at radius 3 is 2.38 bits per heavy atom.